The van der Waals surface area contributed by atoms with E-state index < -0.39 is 0 Å². The summed E-state index contributed by atoms with van der Waals surface area (Å²) in [4.78, 5) is 13.6. The zero-order chi connectivity index (χ0) is 12.5. The van der Waals surface area contributed by atoms with Crippen LogP contribution in [0.25, 0.3) is 6.08 Å². The summed E-state index contributed by atoms with van der Waals surface area (Å²) in [6, 6.07) is 10.0. The smallest absolute Gasteiger partial charge is 0.189 e. The molecule has 3 rings (SSSR count). The second kappa shape index (κ2) is 4.54. The molecule has 2 aromatic rings. The molecule has 0 fully saturated rings. The molecule has 1 heterocycles. The third-order valence-electron chi connectivity index (χ3n) is 3.42. The van der Waals surface area contributed by atoms with E-state index in [0.29, 0.717) is 0 Å². The topological polar surface area (TPSA) is 17.1 Å². The molecule has 0 spiro atoms. The van der Waals surface area contributed by atoms with Gasteiger partial charge in [-0.05, 0) is 48.4 Å². The molecular weight excluding hydrogens is 240 g/mol. The molecule has 1 aromatic carbocycles. The minimum absolute atomic E-state index is 0.199. The summed E-state index contributed by atoms with van der Waals surface area (Å²) in [6.45, 7) is 2.09. The zero-order valence-electron chi connectivity index (χ0n) is 10.3. The van der Waals surface area contributed by atoms with Crippen LogP contribution in [0.1, 0.15) is 32.8 Å². The minimum Gasteiger partial charge on any atom is -0.289 e. The van der Waals surface area contributed by atoms with Crippen LogP contribution in [0, 0.1) is 6.92 Å². The van der Waals surface area contributed by atoms with Crippen molar-refractivity contribution in [1.82, 2.24) is 0 Å². The first kappa shape index (κ1) is 11.4. The Kier molecular flexibility index (Phi) is 2.88. The monoisotopic (exact) mass is 254 g/mol. The zero-order valence-corrected chi connectivity index (χ0v) is 11.1. The number of aryl methyl sites for hydroxylation is 2. The number of allylic oxidation sites excluding steroid dienone is 1. The van der Waals surface area contributed by atoms with E-state index in [0.717, 1.165) is 24.0 Å². The molecule has 0 saturated heterocycles. The molecule has 0 bridgehead atoms. The van der Waals surface area contributed by atoms with Crippen LogP contribution in [0.3, 0.4) is 0 Å². The molecular formula is C16H14OS. The third-order valence-corrected chi connectivity index (χ3v) is 4.39. The van der Waals surface area contributed by atoms with Gasteiger partial charge in [0.1, 0.15) is 0 Å². The van der Waals surface area contributed by atoms with Crippen LogP contribution in [0.5, 0.6) is 0 Å². The summed E-state index contributed by atoms with van der Waals surface area (Å²) in [5.41, 5.74) is 4.25. The van der Waals surface area contributed by atoms with E-state index in [1.165, 1.54) is 16.0 Å². The van der Waals surface area contributed by atoms with Gasteiger partial charge >= 0.3 is 0 Å². The van der Waals surface area contributed by atoms with Gasteiger partial charge in [-0.3, -0.25) is 4.79 Å². The molecule has 0 aliphatic heterocycles. The highest BCUT2D eigenvalue weighted by molar-refractivity contribution is 7.11. The van der Waals surface area contributed by atoms with Gasteiger partial charge in [0.15, 0.2) is 5.78 Å². The van der Waals surface area contributed by atoms with E-state index in [2.05, 4.69) is 30.5 Å². The Balaban J connectivity index is 2.01. The van der Waals surface area contributed by atoms with Crippen LogP contribution in [-0.4, -0.2) is 5.78 Å². The van der Waals surface area contributed by atoms with E-state index in [9.17, 15) is 4.79 Å². The van der Waals surface area contributed by atoms with Crippen LogP contribution < -0.4 is 0 Å². The fraction of sp³-hybridized carbons (Fsp3) is 0.188. The van der Waals surface area contributed by atoms with E-state index in [-0.39, 0.29) is 5.78 Å². The lowest BCUT2D eigenvalue weighted by Gasteiger charge is -2.17. The van der Waals surface area contributed by atoms with E-state index >= 15 is 0 Å². The van der Waals surface area contributed by atoms with Crippen LogP contribution in [-0.2, 0) is 6.42 Å². The first-order chi connectivity index (χ1) is 8.75. The molecule has 1 aliphatic carbocycles. The first-order valence-electron chi connectivity index (χ1n) is 6.13. The van der Waals surface area contributed by atoms with Crippen molar-refractivity contribution in [1.29, 1.82) is 0 Å². The quantitative estimate of drug-likeness (QED) is 0.695. The number of thiophene rings is 1. The fourth-order valence-corrected chi connectivity index (χ4v) is 3.23. The number of benzene rings is 1. The van der Waals surface area contributed by atoms with Gasteiger partial charge in [-0.15, -0.1) is 11.3 Å². The van der Waals surface area contributed by atoms with Crippen LogP contribution in [0.2, 0.25) is 0 Å². The van der Waals surface area contributed by atoms with Crippen molar-refractivity contribution in [2.24, 2.45) is 0 Å². The number of rotatable bonds is 1. The fourth-order valence-electron chi connectivity index (χ4n) is 2.34. The predicted octanol–water partition coefficient (Wildman–Crippen LogP) is 4.27. The maximum absolute atomic E-state index is 12.4. The minimum atomic E-state index is 0.199. The standard InChI is InChI=1S/C16H14OS/c1-11-8-9-18-15(11)10-13-7-6-12-4-2-3-5-14(12)16(13)17/h2-5,8-10H,6-7H2,1H3/b13-10-. The van der Waals surface area contributed by atoms with Crippen LogP contribution >= 0.6 is 11.3 Å². The lowest BCUT2D eigenvalue weighted by atomic mass is 9.86. The molecule has 18 heavy (non-hydrogen) atoms. The SMILES string of the molecule is Cc1ccsc1/C=C1/CCc2ccccc2C1=O. The van der Waals surface area contributed by atoms with Crippen LogP contribution in [0.4, 0.5) is 0 Å². The molecule has 1 aliphatic rings. The summed E-state index contributed by atoms with van der Waals surface area (Å²) < 4.78 is 0. The van der Waals surface area contributed by atoms with Gasteiger partial charge in [0, 0.05) is 16.0 Å². The van der Waals surface area contributed by atoms with Crippen molar-refractivity contribution in [2.75, 3.05) is 0 Å². The maximum Gasteiger partial charge on any atom is 0.189 e. The average Bonchev–Trinajstić information content (AvgIpc) is 2.79. The van der Waals surface area contributed by atoms with E-state index in [1.54, 1.807) is 11.3 Å². The molecule has 1 aromatic heterocycles. The Bertz CT molecular complexity index is 634. The number of hydrogen-bond donors (Lipinski definition) is 0. The Morgan fingerprint density at radius 3 is 2.78 bits per heavy atom. The molecule has 0 unspecified atom stereocenters. The van der Waals surface area contributed by atoms with E-state index in [1.807, 2.05) is 18.2 Å². The third kappa shape index (κ3) is 1.93. The van der Waals surface area contributed by atoms with Crippen LogP contribution in [0.15, 0.2) is 41.3 Å². The van der Waals surface area contributed by atoms with Gasteiger partial charge in [-0.25, -0.2) is 0 Å². The Morgan fingerprint density at radius 1 is 1.17 bits per heavy atom. The van der Waals surface area contributed by atoms with E-state index in [4.69, 9.17) is 0 Å². The Morgan fingerprint density at radius 2 is 2.00 bits per heavy atom. The Labute approximate surface area is 111 Å². The lowest BCUT2D eigenvalue weighted by Crippen LogP contribution is -2.13. The molecule has 0 amide bonds. The highest BCUT2D eigenvalue weighted by atomic mass is 32.1. The van der Waals surface area contributed by atoms with Gasteiger partial charge in [0.05, 0.1) is 0 Å². The molecule has 1 nitrogen and oxygen atoms in total. The van der Waals surface area contributed by atoms with Crippen molar-refractivity contribution in [2.45, 2.75) is 19.8 Å². The summed E-state index contributed by atoms with van der Waals surface area (Å²) in [6.07, 6.45) is 3.89. The van der Waals surface area contributed by atoms with Crippen molar-refractivity contribution in [3.8, 4) is 0 Å². The summed E-state index contributed by atoms with van der Waals surface area (Å²) in [7, 11) is 0. The Hall–Kier alpha value is -1.67. The first-order valence-corrected chi connectivity index (χ1v) is 7.01. The second-order valence-electron chi connectivity index (χ2n) is 4.62. The van der Waals surface area contributed by atoms with Gasteiger partial charge < -0.3 is 0 Å². The maximum atomic E-state index is 12.4. The highest BCUT2D eigenvalue weighted by Gasteiger charge is 2.21. The van der Waals surface area contributed by atoms with Gasteiger partial charge in [-0.1, -0.05) is 24.3 Å². The lowest BCUT2D eigenvalue weighted by molar-refractivity contribution is 0.102. The molecule has 0 radical (unpaired) electrons. The van der Waals surface area contributed by atoms with Gasteiger partial charge in [0.2, 0.25) is 0 Å². The molecule has 2 heteroatoms. The van der Waals surface area contributed by atoms with Crippen molar-refractivity contribution in [3.05, 3.63) is 62.9 Å². The molecule has 0 N–H and O–H groups in total. The molecule has 0 saturated carbocycles. The van der Waals surface area contributed by atoms with Gasteiger partial charge in [-0.2, -0.15) is 0 Å². The molecule has 0 atom stereocenters. The second-order valence-corrected chi connectivity index (χ2v) is 5.57. The predicted molar refractivity (Wildman–Crippen MR) is 76.1 cm³/mol. The summed E-state index contributed by atoms with van der Waals surface area (Å²) in [5.74, 6) is 0.199. The average molecular weight is 254 g/mol. The number of carbonyl (C=O) groups is 1. The number of Topliss-reactive ketones (excluding diaryl/α,β-unsaturated/α-hetero) is 1. The summed E-state index contributed by atoms with van der Waals surface area (Å²) in [5, 5.41) is 2.07. The largest absolute Gasteiger partial charge is 0.289 e. The number of hydrogen-bond acceptors (Lipinski definition) is 2. The van der Waals surface area contributed by atoms with Crippen molar-refractivity contribution < 1.29 is 4.79 Å². The number of carbonyl (C=O) groups excluding carboxylic acids is 1. The normalized spacial score (nSPS) is 16.9. The number of fused-ring (bicyclic) bond motifs is 1. The summed E-state index contributed by atoms with van der Waals surface area (Å²) >= 11 is 1.70. The number of ketones is 1. The van der Waals surface area contributed by atoms with Gasteiger partial charge in [0.25, 0.3) is 0 Å². The van der Waals surface area contributed by atoms with Crippen molar-refractivity contribution in [3.63, 3.8) is 0 Å². The van der Waals surface area contributed by atoms with Crippen molar-refractivity contribution >= 4 is 23.2 Å². The molecule has 90 valence electrons. The highest BCUT2D eigenvalue weighted by Crippen LogP contribution is 2.28.